The molecule has 180 valence electrons. The second-order valence-electron chi connectivity index (χ2n) is 7.97. The van der Waals surface area contributed by atoms with Crippen LogP contribution in [0.4, 0.5) is 5.69 Å². The predicted molar refractivity (Wildman–Crippen MR) is 131 cm³/mol. The fraction of sp³-hybridized carbons (Fsp3) is 0.231. The normalized spacial score (nSPS) is 10.7. The Kier molecular flexibility index (Phi) is 7.57. The third-order valence-electron chi connectivity index (χ3n) is 5.32. The van der Waals surface area contributed by atoms with E-state index in [4.69, 9.17) is 14.0 Å². The van der Waals surface area contributed by atoms with Gasteiger partial charge in [-0.2, -0.15) is 0 Å². The molecule has 1 N–H and O–H groups in total. The lowest BCUT2D eigenvalue weighted by Crippen LogP contribution is -2.15. The summed E-state index contributed by atoms with van der Waals surface area (Å²) in [6.45, 7) is 5.92. The van der Waals surface area contributed by atoms with Crippen molar-refractivity contribution in [1.82, 2.24) is 10.1 Å². The summed E-state index contributed by atoms with van der Waals surface area (Å²) in [6, 6.07) is 14.4. The predicted octanol–water partition coefficient (Wildman–Crippen LogP) is 5.17. The molecule has 8 nitrogen and oxygen atoms in total. The summed E-state index contributed by atoms with van der Waals surface area (Å²) >= 11 is 1.35. The number of hydrogen-bond acceptors (Lipinski definition) is 8. The van der Waals surface area contributed by atoms with Gasteiger partial charge in [0.25, 0.3) is 0 Å². The summed E-state index contributed by atoms with van der Waals surface area (Å²) in [7, 11) is 0. The minimum Gasteiger partial charge on any atom is -0.489 e. The summed E-state index contributed by atoms with van der Waals surface area (Å²) in [5.41, 5.74) is 4.38. The molecule has 2 aromatic heterocycles. The molecule has 4 aromatic rings. The van der Waals surface area contributed by atoms with Crippen molar-refractivity contribution in [2.24, 2.45) is 0 Å². The number of para-hydroxylation sites is 1. The Balaban J connectivity index is 1.28. The largest absolute Gasteiger partial charge is 0.489 e. The maximum atomic E-state index is 12.5. The topological polar surface area (TPSA) is 104 Å². The summed E-state index contributed by atoms with van der Waals surface area (Å²) in [6.07, 6.45) is 0.150. The van der Waals surface area contributed by atoms with Crippen LogP contribution in [0, 0.1) is 20.8 Å². The minimum atomic E-state index is -0.486. The van der Waals surface area contributed by atoms with E-state index in [1.165, 1.54) is 11.3 Å². The molecule has 2 heterocycles. The Morgan fingerprint density at radius 3 is 2.66 bits per heavy atom. The van der Waals surface area contributed by atoms with Crippen LogP contribution in [0.5, 0.6) is 5.75 Å². The first-order valence-electron chi connectivity index (χ1n) is 11.0. The van der Waals surface area contributed by atoms with Crippen LogP contribution >= 0.6 is 11.3 Å². The third kappa shape index (κ3) is 6.33. The lowest BCUT2D eigenvalue weighted by Gasteiger charge is -2.08. The van der Waals surface area contributed by atoms with Crippen molar-refractivity contribution in [1.29, 1.82) is 0 Å². The molecule has 0 aliphatic heterocycles. The lowest BCUT2D eigenvalue weighted by atomic mass is 10.2. The van der Waals surface area contributed by atoms with E-state index in [1.54, 1.807) is 29.6 Å². The summed E-state index contributed by atoms with van der Waals surface area (Å²) in [5, 5.41) is 9.24. The van der Waals surface area contributed by atoms with Crippen LogP contribution < -0.4 is 10.1 Å². The van der Waals surface area contributed by atoms with E-state index in [0.29, 0.717) is 34.4 Å². The number of thiazole rings is 1. The number of amides is 1. The van der Waals surface area contributed by atoms with Crippen LogP contribution in [0.1, 0.15) is 43.6 Å². The van der Waals surface area contributed by atoms with Crippen LogP contribution in [0.25, 0.3) is 0 Å². The van der Waals surface area contributed by atoms with E-state index in [1.807, 2.05) is 45.0 Å². The van der Waals surface area contributed by atoms with Crippen molar-refractivity contribution in [3.05, 3.63) is 92.8 Å². The third-order valence-corrected chi connectivity index (χ3v) is 6.21. The van der Waals surface area contributed by atoms with Crippen molar-refractivity contribution in [2.45, 2.75) is 40.4 Å². The van der Waals surface area contributed by atoms with E-state index >= 15 is 0 Å². The number of aromatic nitrogens is 2. The lowest BCUT2D eigenvalue weighted by molar-refractivity contribution is -0.115. The first-order valence-corrected chi connectivity index (χ1v) is 11.9. The zero-order valence-corrected chi connectivity index (χ0v) is 20.5. The number of esters is 1. The monoisotopic (exact) mass is 491 g/mol. The van der Waals surface area contributed by atoms with Gasteiger partial charge < -0.3 is 19.3 Å². The second-order valence-corrected chi connectivity index (χ2v) is 8.91. The molecule has 0 aliphatic rings. The van der Waals surface area contributed by atoms with Gasteiger partial charge in [0.15, 0.2) is 0 Å². The number of ether oxygens (including phenoxy) is 2. The van der Waals surface area contributed by atoms with E-state index < -0.39 is 5.97 Å². The van der Waals surface area contributed by atoms with Gasteiger partial charge in [0.1, 0.15) is 29.7 Å². The highest BCUT2D eigenvalue weighted by molar-refractivity contribution is 7.09. The molecule has 0 bridgehead atoms. The fourth-order valence-corrected chi connectivity index (χ4v) is 4.12. The summed E-state index contributed by atoms with van der Waals surface area (Å²) in [4.78, 5) is 29.3. The molecule has 0 radical (unpaired) electrons. The van der Waals surface area contributed by atoms with Gasteiger partial charge in [0.2, 0.25) is 5.91 Å². The summed E-state index contributed by atoms with van der Waals surface area (Å²) < 4.78 is 16.4. The highest BCUT2D eigenvalue weighted by Crippen LogP contribution is 2.20. The highest BCUT2D eigenvalue weighted by Gasteiger charge is 2.14. The standard InChI is InChI=1S/C26H25N3O5S/c1-16-7-4-5-10-23(16)28-24(30)12-25-27-20(15-35-25)13-33-26(31)19-8-6-9-21(11-19)32-14-22-17(2)29-34-18(22)3/h4-11,15H,12-14H2,1-3H3,(H,28,30). The van der Waals surface area contributed by atoms with E-state index in [9.17, 15) is 9.59 Å². The fourth-order valence-electron chi connectivity index (χ4n) is 3.34. The molecule has 0 fully saturated rings. The molecule has 0 spiro atoms. The molecule has 1 amide bonds. The van der Waals surface area contributed by atoms with Crippen LogP contribution in [0.2, 0.25) is 0 Å². The first kappa shape index (κ1) is 24.2. The van der Waals surface area contributed by atoms with Gasteiger partial charge in [-0.3, -0.25) is 4.79 Å². The molecule has 0 saturated carbocycles. The second kappa shape index (κ2) is 11.0. The number of carbonyl (C=O) groups excluding carboxylic acids is 2. The number of hydrogen-bond donors (Lipinski definition) is 1. The van der Waals surface area contributed by atoms with Crippen LogP contribution in [-0.2, 0) is 29.2 Å². The molecule has 35 heavy (non-hydrogen) atoms. The van der Waals surface area contributed by atoms with Crippen molar-refractivity contribution in [2.75, 3.05) is 5.32 Å². The Morgan fingerprint density at radius 1 is 1.06 bits per heavy atom. The molecule has 0 atom stereocenters. The summed E-state index contributed by atoms with van der Waals surface area (Å²) in [5.74, 6) is 0.605. The molecule has 0 aliphatic carbocycles. The molecule has 9 heteroatoms. The Hall–Kier alpha value is -3.98. The van der Waals surface area contributed by atoms with Crippen molar-refractivity contribution in [3.8, 4) is 5.75 Å². The number of nitrogens with zero attached hydrogens (tertiary/aromatic N) is 2. The average molecular weight is 492 g/mol. The van der Waals surface area contributed by atoms with Gasteiger partial charge in [0.05, 0.1) is 28.9 Å². The zero-order valence-electron chi connectivity index (χ0n) is 19.7. The Bertz CT molecular complexity index is 1320. The van der Waals surface area contributed by atoms with Gasteiger partial charge in [-0.1, -0.05) is 29.4 Å². The molecular formula is C26H25N3O5S. The average Bonchev–Trinajstić information content (AvgIpc) is 3.43. The molecule has 4 rings (SSSR count). The number of aryl methyl sites for hydroxylation is 3. The molecule has 0 unspecified atom stereocenters. The van der Waals surface area contributed by atoms with Gasteiger partial charge in [0, 0.05) is 11.1 Å². The number of anilines is 1. The maximum absolute atomic E-state index is 12.5. The molecule has 2 aromatic carbocycles. The molecule has 0 saturated heterocycles. The minimum absolute atomic E-state index is 0.0128. The van der Waals surface area contributed by atoms with E-state index in [0.717, 1.165) is 22.5 Å². The quantitative estimate of drug-likeness (QED) is 0.322. The van der Waals surface area contributed by atoms with Crippen LogP contribution in [0.15, 0.2) is 58.4 Å². The highest BCUT2D eigenvalue weighted by atomic mass is 32.1. The number of rotatable bonds is 9. The van der Waals surface area contributed by atoms with Crippen LogP contribution in [-0.4, -0.2) is 22.0 Å². The zero-order chi connectivity index (χ0) is 24.8. The van der Waals surface area contributed by atoms with Gasteiger partial charge >= 0.3 is 5.97 Å². The maximum Gasteiger partial charge on any atom is 0.338 e. The number of nitrogens with one attached hydrogen (secondary N) is 1. The van der Waals surface area contributed by atoms with Gasteiger partial charge in [-0.15, -0.1) is 11.3 Å². The molecular weight excluding hydrogens is 466 g/mol. The first-order chi connectivity index (χ1) is 16.9. The SMILES string of the molecule is Cc1ccccc1NC(=O)Cc1nc(COC(=O)c2cccc(OCc3c(C)noc3C)c2)cs1. The van der Waals surface area contributed by atoms with E-state index in [2.05, 4.69) is 15.5 Å². The van der Waals surface area contributed by atoms with Crippen LogP contribution in [0.3, 0.4) is 0 Å². The van der Waals surface area contributed by atoms with Gasteiger partial charge in [-0.25, -0.2) is 9.78 Å². The van der Waals surface area contributed by atoms with Crippen molar-refractivity contribution in [3.63, 3.8) is 0 Å². The van der Waals surface area contributed by atoms with Crippen molar-refractivity contribution < 1.29 is 23.6 Å². The number of benzene rings is 2. The Labute approximate surface area is 206 Å². The van der Waals surface area contributed by atoms with E-state index in [-0.39, 0.29) is 18.9 Å². The van der Waals surface area contributed by atoms with Gasteiger partial charge in [-0.05, 0) is 50.6 Å². The number of carbonyl (C=O) groups is 2. The Morgan fingerprint density at radius 2 is 1.89 bits per heavy atom. The smallest absolute Gasteiger partial charge is 0.338 e. The van der Waals surface area contributed by atoms with Crippen molar-refractivity contribution >= 4 is 28.9 Å².